The number of fused-ring (bicyclic) bond motifs is 1. The van der Waals surface area contributed by atoms with Gasteiger partial charge in [0.25, 0.3) is 0 Å². The molecule has 1 N–H and O–H groups in total. The van der Waals surface area contributed by atoms with E-state index in [2.05, 4.69) is 17.4 Å². The van der Waals surface area contributed by atoms with Crippen LogP contribution in [0.1, 0.15) is 36.4 Å². The average molecular weight is 208 g/mol. The zero-order valence-electron chi connectivity index (χ0n) is 8.09. The van der Waals surface area contributed by atoms with Crippen molar-refractivity contribution in [1.82, 2.24) is 5.32 Å². The van der Waals surface area contributed by atoms with E-state index < -0.39 is 0 Å². The first-order valence-electron chi connectivity index (χ1n) is 5.38. The molecule has 1 nitrogen and oxygen atoms in total. The molecule has 1 unspecified atom stereocenters. The molecule has 2 heteroatoms. The fraction of sp³-hybridized carbons (Fsp3) is 0.500. The Morgan fingerprint density at radius 2 is 2.07 bits per heavy atom. The maximum atomic E-state index is 6.23. The Balaban J connectivity index is 1.91. The molecule has 0 saturated heterocycles. The lowest BCUT2D eigenvalue weighted by Crippen LogP contribution is -2.21. The minimum absolute atomic E-state index is 0.520. The molecule has 0 spiro atoms. The van der Waals surface area contributed by atoms with E-state index in [-0.39, 0.29) is 0 Å². The number of benzene rings is 1. The van der Waals surface area contributed by atoms with Gasteiger partial charge >= 0.3 is 0 Å². The predicted molar refractivity (Wildman–Crippen MR) is 58.7 cm³/mol. The molecule has 0 bridgehead atoms. The van der Waals surface area contributed by atoms with E-state index >= 15 is 0 Å². The summed E-state index contributed by atoms with van der Waals surface area (Å²) in [6.45, 7) is 0. The van der Waals surface area contributed by atoms with Crippen molar-refractivity contribution in [2.75, 3.05) is 0 Å². The number of hydrogen-bond donors (Lipinski definition) is 1. The summed E-state index contributed by atoms with van der Waals surface area (Å²) in [6.07, 6.45) is 5.09. The van der Waals surface area contributed by atoms with Crippen LogP contribution in [-0.4, -0.2) is 6.04 Å². The van der Waals surface area contributed by atoms with Crippen LogP contribution in [0.4, 0.5) is 0 Å². The Labute approximate surface area is 89.5 Å². The third-order valence-electron chi connectivity index (χ3n) is 3.21. The topological polar surface area (TPSA) is 12.0 Å². The molecule has 1 aromatic carbocycles. The molecule has 1 fully saturated rings. The average Bonchev–Trinajstić information content (AvgIpc) is 2.88. The molecule has 1 aromatic rings. The zero-order valence-corrected chi connectivity index (χ0v) is 8.85. The molecule has 0 aliphatic heterocycles. The minimum Gasteiger partial charge on any atom is -0.307 e. The maximum absolute atomic E-state index is 6.23. The van der Waals surface area contributed by atoms with E-state index in [9.17, 15) is 0 Å². The second-order valence-electron chi connectivity index (χ2n) is 4.34. The standard InChI is InChI=1S/C12H14ClN/c13-10-3-1-2-8-4-7-11(12(8)10)14-9-5-6-9/h1-3,9,11,14H,4-7H2. The largest absolute Gasteiger partial charge is 0.307 e. The third kappa shape index (κ3) is 1.45. The fourth-order valence-electron chi connectivity index (χ4n) is 2.34. The highest BCUT2D eigenvalue weighted by atomic mass is 35.5. The van der Waals surface area contributed by atoms with Crippen molar-refractivity contribution in [3.05, 3.63) is 34.3 Å². The highest BCUT2D eigenvalue weighted by molar-refractivity contribution is 6.31. The summed E-state index contributed by atoms with van der Waals surface area (Å²) in [5.74, 6) is 0. The summed E-state index contributed by atoms with van der Waals surface area (Å²) in [5.41, 5.74) is 2.80. The summed E-state index contributed by atoms with van der Waals surface area (Å²) >= 11 is 6.23. The van der Waals surface area contributed by atoms with Crippen LogP contribution in [0.5, 0.6) is 0 Å². The van der Waals surface area contributed by atoms with E-state index in [1.807, 2.05) is 6.07 Å². The van der Waals surface area contributed by atoms with E-state index in [1.165, 1.54) is 36.8 Å². The molecule has 1 atom stereocenters. The normalized spacial score (nSPS) is 25.1. The van der Waals surface area contributed by atoms with Gasteiger partial charge in [0.1, 0.15) is 0 Å². The van der Waals surface area contributed by atoms with Crippen LogP contribution in [0.2, 0.25) is 5.02 Å². The quantitative estimate of drug-likeness (QED) is 0.786. The minimum atomic E-state index is 0.520. The Hall–Kier alpha value is -0.530. The first-order chi connectivity index (χ1) is 6.84. The number of nitrogens with one attached hydrogen (secondary N) is 1. The molecule has 14 heavy (non-hydrogen) atoms. The van der Waals surface area contributed by atoms with Gasteiger partial charge in [-0.15, -0.1) is 0 Å². The maximum Gasteiger partial charge on any atom is 0.0456 e. The Bertz CT molecular complexity index is 357. The van der Waals surface area contributed by atoms with Crippen LogP contribution in [0.15, 0.2) is 18.2 Å². The van der Waals surface area contributed by atoms with Crippen molar-refractivity contribution in [3.63, 3.8) is 0 Å². The molecule has 3 rings (SSSR count). The van der Waals surface area contributed by atoms with Crippen molar-refractivity contribution in [1.29, 1.82) is 0 Å². The molecule has 2 aliphatic rings. The lowest BCUT2D eigenvalue weighted by Gasteiger charge is -2.14. The van der Waals surface area contributed by atoms with Crippen molar-refractivity contribution in [2.24, 2.45) is 0 Å². The van der Waals surface area contributed by atoms with Gasteiger partial charge in [0, 0.05) is 17.1 Å². The van der Waals surface area contributed by atoms with E-state index in [1.54, 1.807) is 0 Å². The monoisotopic (exact) mass is 207 g/mol. The SMILES string of the molecule is Clc1cccc2c1C(NC1CC1)CC2. The molecule has 0 radical (unpaired) electrons. The molecule has 0 heterocycles. The van der Waals surface area contributed by atoms with Gasteiger partial charge in [0.05, 0.1) is 0 Å². The number of rotatable bonds is 2. The first kappa shape index (κ1) is 8.75. The van der Waals surface area contributed by atoms with Crippen molar-refractivity contribution < 1.29 is 0 Å². The van der Waals surface area contributed by atoms with E-state index in [0.29, 0.717) is 6.04 Å². The van der Waals surface area contributed by atoms with Crippen molar-refractivity contribution >= 4 is 11.6 Å². The van der Waals surface area contributed by atoms with Crippen LogP contribution >= 0.6 is 11.6 Å². The van der Waals surface area contributed by atoms with Crippen molar-refractivity contribution in [3.8, 4) is 0 Å². The highest BCUT2D eigenvalue weighted by Crippen LogP contribution is 2.38. The van der Waals surface area contributed by atoms with Gasteiger partial charge in [-0.1, -0.05) is 23.7 Å². The zero-order chi connectivity index (χ0) is 9.54. The van der Waals surface area contributed by atoms with Crippen molar-refractivity contribution in [2.45, 2.75) is 37.8 Å². The summed E-state index contributed by atoms with van der Waals surface area (Å²) in [5, 5.41) is 4.61. The highest BCUT2D eigenvalue weighted by Gasteiger charge is 2.30. The van der Waals surface area contributed by atoms with E-state index in [4.69, 9.17) is 11.6 Å². The molecule has 2 aliphatic carbocycles. The van der Waals surface area contributed by atoms with Crippen LogP contribution in [0, 0.1) is 0 Å². The summed E-state index contributed by atoms with van der Waals surface area (Å²) in [6, 6.07) is 7.55. The Morgan fingerprint density at radius 3 is 2.86 bits per heavy atom. The van der Waals surface area contributed by atoms with E-state index in [0.717, 1.165) is 11.1 Å². The Morgan fingerprint density at radius 1 is 1.21 bits per heavy atom. The first-order valence-corrected chi connectivity index (χ1v) is 5.76. The molecule has 74 valence electrons. The lowest BCUT2D eigenvalue weighted by atomic mass is 10.1. The molecular weight excluding hydrogens is 194 g/mol. The summed E-state index contributed by atoms with van der Waals surface area (Å²) < 4.78 is 0. The van der Waals surface area contributed by atoms with Crippen LogP contribution in [-0.2, 0) is 6.42 Å². The number of halogens is 1. The van der Waals surface area contributed by atoms with Gasteiger partial charge in [-0.25, -0.2) is 0 Å². The van der Waals surface area contributed by atoms with Gasteiger partial charge in [-0.05, 0) is 42.9 Å². The number of hydrogen-bond acceptors (Lipinski definition) is 1. The number of aryl methyl sites for hydroxylation is 1. The van der Waals surface area contributed by atoms with Gasteiger partial charge in [0.2, 0.25) is 0 Å². The predicted octanol–water partition coefficient (Wildman–Crippen LogP) is 3.08. The van der Waals surface area contributed by atoms with Gasteiger partial charge < -0.3 is 5.32 Å². The molecule has 0 amide bonds. The second kappa shape index (κ2) is 3.25. The van der Waals surface area contributed by atoms with Crippen LogP contribution in [0.25, 0.3) is 0 Å². The van der Waals surface area contributed by atoms with Crippen LogP contribution in [0.3, 0.4) is 0 Å². The van der Waals surface area contributed by atoms with Crippen LogP contribution < -0.4 is 5.32 Å². The van der Waals surface area contributed by atoms with Gasteiger partial charge in [-0.3, -0.25) is 0 Å². The summed E-state index contributed by atoms with van der Waals surface area (Å²) in [4.78, 5) is 0. The summed E-state index contributed by atoms with van der Waals surface area (Å²) in [7, 11) is 0. The lowest BCUT2D eigenvalue weighted by molar-refractivity contribution is 0.527. The van der Waals surface area contributed by atoms with Gasteiger partial charge in [-0.2, -0.15) is 0 Å². The second-order valence-corrected chi connectivity index (χ2v) is 4.75. The molecular formula is C12H14ClN. The molecule has 1 saturated carbocycles. The Kier molecular flexibility index (Phi) is 2.03. The fourth-order valence-corrected chi connectivity index (χ4v) is 2.66. The smallest absolute Gasteiger partial charge is 0.0456 e. The third-order valence-corrected chi connectivity index (χ3v) is 3.54. The van der Waals surface area contributed by atoms with Gasteiger partial charge in [0.15, 0.2) is 0 Å². The molecule has 0 aromatic heterocycles.